The maximum atomic E-state index is 3.37. The van der Waals surface area contributed by atoms with Crippen molar-refractivity contribution in [1.29, 1.82) is 0 Å². The molecule has 0 amide bonds. The average Bonchev–Trinajstić information content (AvgIpc) is 3.14. The highest BCUT2D eigenvalue weighted by molar-refractivity contribution is 6.00. The molecule has 0 saturated heterocycles. The van der Waals surface area contributed by atoms with Crippen LogP contribution >= 0.6 is 0 Å². The van der Waals surface area contributed by atoms with Crippen molar-refractivity contribution in [2.24, 2.45) is 0 Å². The number of hydrogen-bond donors (Lipinski definition) is 1. The van der Waals surface area contributed by atoms with Gasteiger partial charge in [0, 0.05) is 11.7 Å². The van der Waals surface area contributed by atoms with Crippen LogP contribution in [-0.4, -0.2) is 4.98 Å². The quantitative estimate of drug-likeness (QED) is 0.481. The first-order chi connectivity index (χ1) is 11.8. The van der Waals surface area contributed by atoms with E-state index in [0.29, 0.717) is 0 Å². The molecule has 0 atom stereocenters. The molecule has 1 N–H and O–H groups in total. The maximum absolute atomic E-state index is 3.37. The van der Waals surface area contributed by atoms with Gasteiger partial charge in [-0.05, 0) is 76.4 Å². The third-order valence-electron chi connectivity index (χ3n) is 5.24. The number of allylic oxidation sites excluding steroid dienone is 1. The smallest absolute Gasteiger partial charge is 0.0459 e. The van der Waals surface area contributed by atoms with Gasteiger partial charge in [0.15, 0.2) is 0 Å². The van der Waals surface area contributed by atoms with E-state index < -0.39 is 0 Å². The third-order valence-corrected chi connectivity index (χ3v) is 5.24. The summed E-state index contributed by atoms with van der Waals surface area (Å²) in [6, 6.07) is 19.9. The van der Waals surface area contributed by atoms with E-state index in [1.165, 1.54) is 49.5 Å². The second kappa shape index (κ2) is 5.10. The van der Waals surface area contributed by atoms with Crippen LogP contribution in [0.5, 0.6) is 0 Å². The Balaban J connectivity index is 1.60. The monoisotopic (exact) mass is 309 g/mol. The normalized spacial score (nSPS) is 13.5. The molecule has 0 spiro atoms. The van der Waals surface area contributed by atoms with Crippen molar-refractivity contribution in [1.82, 2.24) is 4.98 Å². The molecule has 5 rings (SSSR count). The van der Waals surface area contributed by atoms with Crippen LogP contribution in [0.2, 0.25) is 0 Å². The molecule has 1 heteroatoms. The second-order valence-electron chi connectivity index (χ2n) is 6.86. The number of rotatable bonds is 2. The molecule has 1 aliphatic rings. The summed E-state index contributed by atoms with van der Waals surface area (Å²) >= 11 is 0. The van der Waals surface area contributed by atoms with E-state index in [1.807, 2.05) is 6.20 Å². The second-order valence-corrected chi connectivity index (χ2v) is 6.86. The Morgan fingerprint density at radius 3 is 2.79 bits per heavy atom. The highest BCUT2D eigenvalue weighted by Gasteiger charge is 2.16. The Bertz CT molecular complexity index is 1110. The molecule has 3 aromatic carbocycles. The number of hydrogen-bond acceptors (Lipinski definition) is 0. The van der Waals surface area contributed by atoms with Crippen LogP contribution < -0.4 is 0 Å². The van der Waals surface area contributed by atoms with Gasteiger partial charge in [-0.25, -0.2) is 0 Å². The lowest BCUT2D eigenvalue weighted by molar-refractivity contribution is 1.07. The summed E-state index contributed by atoms with van der Waals surface area (Å²) in [5.74, 6) is 0. The fraction of sp³-hybridized carbons (Fsp3) is 0.130. The molecule has 0 radical (unpaired) electrons. The zero-order chi connectivity index (χ0) is 16.1. The Labute approximate surface area is 141 Å². The van der Waals surface area contributed by atoms with E-state index in [2.05, 4.69) is 72.6 Å². The van der Waals surface area contributed by atoms with E-state index in [1.54, 1.807) is 0 Å². The van der Waals surface area contributed by atoms with Crippen LogP contribution in [-0.2, 0) is 12.8 Å². The summed E-state index contributed by atoms with van der Waals surface area (Å²) in [6.07, 6.45) is 6.50. The Morgan fingerprint density at radius 1 is 0.958 bits per heavy atom. The number of aryl methyl sites for hydroxylation is 1. The minimum atomic E-state index is 1.04. The van der Waals surface area contributed by atoms with E-state index in [4.69, 9.17) is 0 Å². The fourth-order valence-corrected chi connectivity index (χ4v) is 4.03. The molecule has 0 bridgehead atoms. The van der Waals surface area contributed by atoms with Gasteiger partial charge in [-0.2, -0.15) is 0 Å². The first-order valence-corrected chi connectivity index (χ1v) is 8.54. The summed E-state index contributed by atoms with van der Waals surface area (Å²) in [6.45, 7) is 2.24. The Kier molecular flexibility index (Phi) is 2.90. The summed E-state index contributed by atoms with van der Waals surface area (Å²) in [7, 11) is 0. The van der Waals surface area contributed by atoms with Crippen LogP contribution in [0.3, 0.4) is 0 Å². The molecule has 1 aromatic heterocycles. The molecule has 0 aliphatic heterocycles. The molecule has 0 saturated carbocycles. The summed E-state index contributed by atoms with van der Waals surface area (Å²) in [5.41, 5.74) is 8.45. The molecule has 4 aromatic rings. The lowest BCUT2D eigenvalue weighted by Gasteiger charge is -2.05. The molecule has 0 unspecified atom stereocenters. The first kappa shape index (κ1) is 13.6. The van der Waals surface area contributed by atoms with E-state index >= 15 is 0 Å². The average molecular weight is 309 g/mol. The van der Waals surface area contributed by atoms with Crippen molar-refractivity contribution >= 4 is 27.8 Å². The lowest BCUT2D eigenvalue weighted by Crippen LogP contribution is -1.92. The van der Waals surface area contributed by atoms with Crippen molar-refractivity contribution in [3.8, 4) is 0 Å². The zero-order valence-electron chi connectivity index (χ0n) is 13.8. The van der Waals surface area contributed by atoms with Gasteiger partial charge in [-0.1, -0.05) is 48.0 Å². The van der Waals surface area contributed by atoms with Gasteiger partial charge in [-0.15, -0.1) is 0 Å². The van der Waals surface area contributed by atoms with Gasteiger partial charge in [0.2, 0.25) is 0 Å². The topological polar surface area (TPSA) is 15.8 Å². The SMILES string of the molecule is Cc1cc2cc3ccc[nH]c3cc2c1CC1=Cc2ccccc2C1. The van der Waals surface area contributed by atoms with Crippen molar-refractivity contribution in [2.45, 2.75) is 19.8 Å². The largest absolute Gasteiger partial charge is 0.361 e. The van der Waals surface area contributed by atoms with E-state index in [-0.39, 0.29) is 0 Å². The summed E-state index contributed by atoms with van der Waals surface area (Å²) < 4.78 is 0. The van der Waals surface area contributed by atoms with Crippen LogP contribution in [0.4, 0.5) is 0 Å². The predicted molar refractivity (Wildman–Crippen MR) is 102 cm³/mol. The standard InChI is InChI=1S/C23H19N/c1-15-9-20-13-19-7-4-8-24-23(19)14-22(20)21(15)12-16-10-17-5-2-3-6-18(17)11-16/h2-10,13-14,24H,11-12H2,1H3. The molecule has 1 heterocycles. The number of nitrogens with one attached hydrogen (secondary N) is 1. The van der Waals surface area contributed by atoms with Crippen molar-refractivity contribution in [3.05, 3.63) is 88.6 Å². The number of H-pyrrole nitrogens is 1. The van der Waals surface area contributed by atoms with Crippen LogP contribution in [0.25, 0.3) is 27.8 Å². The summed E-state index contributed by atoms with van der Waals surface area (Å²) in [5, 5.41) is 4.01. The minimum Gasteiger partial charge on any atom is -0.361 e. The fourth-order valence-electron chi connectivity index (χ4n) is 4.03. The van der Waals surface area contributed by atoms with E-state index in [0.717, 1.165) is 12.8 Å². The van der Waals surface area contributed by atoms with Crippen LogP contribution in [0.15, 0.2) is 66.4 Å². The summed E-state index contributed by atoms with van der Waals surface area (Å²) in [4.78, 5) is 3.37. The molecule has 0 fully saturated rings. The van der Waals surface area contributed by atoms with Crippen molar-refractivity contribution in [2.75, 3.05) is 0 Å². The van der Waals surface area contributed by atoms with Crippen LogP contribution in [0, 0.1) is 6.92 Å². The first-order valence-electron chi connectivity index (χ1n) is 8.54. The molecular formula is C23H19N. The number of aromatic amines is 1. The van der Waals surface area contributed by atoms with Gasteiger partial charge in [0.1, 0.15) is 0 Å². The number of benzene rings is 2. The Hall–Kier alpha value is -2.80. The number of aromatic nitrogens is 1. The maximum Gasteiger partial charge on any atom is 0.0459 e. The molecule has 116 valence electrons. The Morgan fingerprint density at radius 2 is 1.88 bits per heavy atom. The molecule has 1 nitrogen and oxygen atoms in total. The van der Waals surface area contributed by atoms with Crippen LogP contribution in [0.1, 0.15) is 22.3 Å². The van der Waals surface area contributed by atoms with Gasteiger partial charge < -0.3 is 4.98 Å². The minimum absolute atomic E-state index is 1.04. The predicted octanol–water partition coefficient (Wildman–Crippen LogP) is 5.81. The number of fused-ring (bicyclic) bond motifs is 3. The highest BCUT2D eigenvalue weighted by Crippen LogP contribution is 2.33. The highest BCUT2D eigenvalue weighted by atomic mass is 14.6. The van der Waals surface area contributed by atoms with Gasteiger partial charge >= 0.3 is 0 Å². The lowest BCUT2D eigenvalue weighted by atomic mass is 10.00. The van der Waals surface area contributed by atoms with Gasteiger partial charge in [0.25, 0.3) is 0 Å². The number of pyridine rings is 1. The van der Waals surface area contributed by atoms with Gasteiger partial charge in [0.05, 0.1) is 0 Å². The van der Waals surface area contributed by atoms with Gasteiger partial charge in [-0.3, -0.25) is 0 Å². The zero-order valence-corrected chi connectivity index (χ0v) is 13.8. The molecule has 1 aliphatic carbocycles. The molecule has 24 heavy (non-hydrogen) atoms. The van der Waals surface area contributed by atoms with Crippen molar-refractivity contribution in [3.63, 3.8) is 0 Å². The van der Waals surface area contributed by atoms with E-state index in [9.17, 15) is 0 Å². The molecular weight excluding hydrogens is 290 g/mol. The third kappa shape index (κ3) is 2.09. The van der Waals surface area contributed by atoms with Crippen molar-refractivity contribution < 1.29 is 0 Å².